The monoisotopic (exact) mass is 247 g/mol. The molecule has 1 heterocycles. The van der Waals surface area contributed by atoms with Crippen LogP contribution in [-0.4, -0.2) is 29.9 Å². The van der Waals surface area contributed by atoms with Gasteiger partial charge in [0.05, 0.1) is 0 Å². The largest absolute Gasteiger partial charge is 0.330 e. The van der Waals surface area contributed by atoms with Gasteiger partial charge in [-0.05, 0) is 25.5 Å². The molecule has 18 heavy (non-hydrogen) atoms. The summed E-state index contributed by atoms with van der Waals surface area (Å²) < 4.78 is 0. The average Bonchev–Trinajstić information content (AvgIpc) is 2.64. The fourth-order valence-electron chi connectivity index (χ4n) is 1.97. The standard InChI is InChI=1S/C13H17N3O2/c1-9-3-5-10(6-4-9)11-12(17)16(8-2-7-14)13(18)15-11/h3-6,11H,2,7-8,14H2,1H3,(H,15,18). The molecule has 0 aliphatic carbocycles. The molecule has 1 aromatic carbocycles. The second-order valence-corrected chi connectivity index (χ2v) is 4.43. The van der Waals surface area contributed by atoms with Crippen molar-refractivity contribution in [2.45, 2.75) is 19.4 Å². The number of carbonyl (C=O) groups is 2. The van der Waals surface area contributed by atoms with Gasteiger partial charge in [0.2, 0.25) is 0 Å². The van der Waals surface area contributed by atoms with E-state index in [-0.39, 0.29) is 11.9 Å². The number of nitrogens with two attached hydrogens (primary N) is 1. The van der Waals surface area contributed by atoms with Crippen molar-refractivity contribution in [2.75, 3.05) is 13.1 Å². The van der Waals surface area contributed by atoms with Gasteiger partial charge >= 0.3 is 6.03 Å². The molecule has 1 unspecified atom stereocenters. The predicted molar refractivity (Wildman–Crippen MR) is 67.8 cm³/mol. The van der Waals surface area contributed by atoms with Crippen LogP contribution in [0.15, 0.2) is 24.3 Å². The highest BCUT2D eigenvalue weighted by Gasteiger charge is 2.38. The maximum absolute atomic E-state index is 12.1. The van der Waals surface area contributed by atoms with Crippen molar-refractivity contribution >= 4 is 11.9 Å². The molecular formula is C13H17N3O2. The van der Waals surface area contributed by atoms with Gasteiger partial charge in [-0.3, -0.25) is 9.69 Å². The molecule has 96 valence electrons. The Kier molecular flexibility index (Phi) is 3.62. The second kappa shape index (κ2) is 5.18. The third-order valence-electron chi connectivity index (χ3n) is 3.02. The zero-order valence-electron chi connectivity index (χ0n) is 10.3. The summed E-state index contributed by atoms with van der Waals surface area (Å²) in [5, 5.41) is 2.70. The summed E-state index contributed by atoms with van der Waals surface area (Å²) in [5.74, 6) is -0.197. The third-order valence-corrected chi connectivity index (χ3v) is 3.02. The number of hydrogen-bond donors (Lipinski definition) is 2. The Bertz CT molecular complexity index is 456. The van der Waals surface area contributed by atoms with Gasteiger partial charge in [-0.15, -0.1) is 0 Å². The quantitative estimate of drug-likeness (QED) is 0.777. The summed E-state index contributed by atoms with van der Waals surface area (Å²) in [6.45, 7) is 2.82. The van der Waals surface area contributed by atoms with E-state index in [1.807, 2.05) is 31.2 Å². The highest BCUT2D eigenvalue weighted by atomic mass is 16.2. The average molecular weight is 247 g/mol. The summed E-state index contributed by atoms with van der Waals surface area (Å²) in [4.78, 5) is 25.0. The summed E-state index contributed by atoms with van der Waals surface area (Å²) in [6, 6.07) is 6.69. The van der Waals surface area contributed by atoms with Crippen LogP contribution < -0.4 is 11.1 Å². The van der Waals surface area contributed by atoms with Crippen LogP contribution in [0, 0.1) is 6.92 Å². The topological polar surface area (TPSA) is 75.4 Å². The molecular weight excluding hydrogens is 230 g/mol. The van der Waals surface area contributed by atoms with E-state index in [4.69, 9.17) is 5.73 Å². The first kappa shape index (κ1) is 12.6. The van der Waals surface area contributed by atoms with Crippen LogP contribution in [0.4, 0.5) is 4.79 Å². The van der Waals surface area contributed by atoms with Gasteiger partial charge in [-0.2, -0.15) is 0 Å². The number of rotatable bonds is 4. The summed E-state index contributed by atoms with van der Waals surface area (Å²) in [6.07, 6.45) is 0.625. The fraction of sp³-hybridized carbons (Fsp3) is 0.385. The molecule has 1 aromatic rings. The van der Waals surface area contributed by atoms with Crippen molar-refractivity contribution in [3.05, 3.63) is 35.4 Å². The van der Waals surface area contributed by atoms with E-state index >= 15 is 0 Å². The first-order chi connectivity index (χ1) is 8.63. The number of hydrogen-bond acceptors (Lipinski definition) is 3. The van der Waals surface area contributed by atoms with Crippen molar-refractivity contribution in [1.29, 1.82) is 0 Å². The zero-order valence-corrected chi connectivity index (χ0v) is 10.3. The molecule has 1 atom stereocenters. The lowest BCUT2D eigenvalue weighted by molar-refractivity contribution is -0.127. The summed E-state index contributed by atoms with van der Waals surface area (Å²) in [7, 11) is 0. The van der Waals surface area contributed by atoms with Crippen LogP contribution in [-0.2, 0) is 4.79 Å². The number of aryl methyl sites for hydroxylation is 1. The van der Waals surface area contributed by atoms with Crippen LogP contribution in [0.2, 0.25) is 0 Å². The smallest absolute Gasteiger partial charge is 0.325 e. The van der Waals surface area contributed by atoms with E-state index < -0.39 is 6.04 Å². The first-order valence-electron chi connectivity index (χ1n) is 6.02. The van der Waals surface area contributed by atoms with E-state index in [0.29, 0.717) is 19.5 Å². The Hall–Kier alpha value is -1.88. The van der Waals surface area contributed by atoms with E-state index in [9.17, 15) is 9.59 Å². The summed E-state index contributed by atoms with van der Waals surface area (Å²) in [5.41, 5.74) is 7.33. The Morgan fingerprint density at radius 1 is 1.28 bits per heavy atom. The lowest BCUT2D eigenvalue weighted by Crippen LogP contribution is -2.32. The van der Waals surface area contributed by atoms with Gasteiger partial charge < -0.3 is 11.1 Å². The molecule has 1 aliphatic heterocycles. The van der Waals surface area contributed by atoms with Gasteiger partial charge in [0.25, 0.3) is 5.91 Å². The minimum absolute atomic E-state index is 0.197. The highest BCUT2D eigenvalue weighted by molar-refractivity contribution is 6.04. The van der Waals surface area contributed by atoms with Crippen LogP contribution >= 0.6 is 0 Å². The number of nitrogens with zero attached hydrogens (tertiary/aromatic N) is 1. The van der Waals surface area contributed by atoms with Crippen molar-refractivity contribution in [3.8, 4) is 0 Å². The van der Waals surface area contributed by atoms with Crippen LogP contribution in [0.25, 0.3) is 0 Å². The van der Waals surface area contributed by atoms with Crippen molar-refractivity contribution in [1.82, 2.24) is 10.2 Å². The van der Waals surface area contributed by atoms with Gasteiger partial charge in [-0.25, -0.2) is 4.79 Å². The second-order valence-electron chi connectivity index (χ2n) is 4.43. The molecule has 0 saturated carbocycles. The fourth-order valence-corrected chi connectivity index (χ4v) is 1.97. The Labute approximate surface area is 106 Å². The van der Waals surface area contributed by atoms with E-state index in [0.717, 1.165) is 11.1 Å². The maximum Gasteiger partial charge on any atom is 0.325 e. The van der Waals surface area contributed by atoms with Crippen molar-refractivity contribution in [2.24, 2.45) is 5.73 Å². The molecule has 5 heteroatoms. The van der Waals surface area contributed by atoms with Gasteiger partial charge in [-0.1, -0.05) is 29.8 Å². The van der Waals surface area contributed by atoms with Gasteiger partial charge in [0.15, 0.2) is 0 Å². The molecule has 0 spiro atoms. The predicted octanol–water partition coefficient (Wildman–Crippen LogP) is 0.937. The van der Waals surface area contributed by atoms with Crippen LogP contribution in [0.5, 0.6) is 0 Å². The van der Waals surface area contributed by atoms with E-state index in [1.54, 1.807) is 0 Å². The molecule has 1 aliphatic rings. The highest BCUT2D eigenvalue weighted by Crippen LogP contribution is 2.22. The lowest BCUT2D eigenvalue weighted by atomic mass is 10.1. The number of imide groups is 1. The van der Waals surface area contributed by atoms with Crippen LogP contribution in [0.3, 0.4) is 0 Å². The Morgan fingerprint density at radius 3 is 2.56 bits per heavy atom. The Balaban J connectivity index is 2.14. The molecule has 0 radical (unpaired) electrons. The normalized spacial score (nSPS) is 19.2. The number of urea groups is 1. The molecule has 3 amide bonds. The molecule has 3 N–H and O–H groups in total. The van der Waals surface area contributed by atoms with E-state index in [1.165, 1.54) is 4.90 Å². The molecule has 0 bridgehead atoms. The minimum atomic E-state index is -0.559. The van der Waals surface area contributed by atoms with Crippen molar-refractivity contribution in [3.63, 3.8) is 0 Å². The maximum atomic E-state index is 12.1. The summed E-state index contributed by atoms with van der Waals surface area (Å²) >= 11 is 0. The van der Waals surface area contributed by atoms with Gasteiger partial charge in [0, 0.05) is 6.54 Å². The lowest BCUT2D eigenvalue weighted by Gasteiger charge is -2.12. The van der Waals surface area contributed by atoms with Gasteiger partial charge in [0.1, 0.15) is 6.04 Å². The molecule has 0 aromatic heterocycles. The molecule has 1 fully saturated rings. The SMILES string of the molecule is Cc1ccc(C2NC(=O)N(CCCN)C2=O)cc1. The molecule has 5 nitrogen and oxygen atoms in total. The number of benzene rings is 1. The third kappa shape index (κ3) is 2.36. The first-order valence-corrected chi connectivity index (χ1v) is 6.02. The van der Waals surface area contributed by atoms with Crippen LogP contribution in [0.1, 0.15) is 23.6 Å². The minimum Gasteiger partial charge on any atom is -0.330 e. The zero-order chi connectivity index (χ0) is 13.1. The molecule has 2 rings (SSSR count). The number of amides is 3. The Morgan fingerprint density at radius 2 is 1.94 bits per heavy atom. The number of carbonyl (C=O) groups excluding carboxylic acids is 2. The molecule has 1 saturated heterocycles. The van der Waals surface area contributed by atoms with E-state index in [2.05, 4.69) is 5.32 Å². The number of nitrogens with one attached hydrogen (secondary N) is 1. The van der Waals surface area contributed by atoms with Crippen molar-refractivity contribution < 1.29 is 9.59 Å².